The quantitative estimate of drug-likeness (QED) is 0.523. The summed E-state index contributed by atoms with van der Waals surface area (Å²) >= 11 is 0. The van der Waals surface area contributed by atoms with Crippen molar-refractivity contribution in [1.82, 2.24) is 14.1 Å². The van der Waals surface area contributed by atoms with E-state index in [1.54, 1.807) is 0 Å². The lowest BCUT2D eigenvalue weighted by Crippen LogP contribution is -2.48. The molecule has 0 fully saturated rings. The van der Waals surface area contributed by atoms with Gasteiger partial charge in [-0.3, -0.25) is 4.98 Å². The van der Waals surface area contributed by atoms with Gasteiger partial charge in [-0.15, -0.1) is 0 Å². The fourth-order valence-corrected chi connectivity index (χ4v) is 0.895. The molecule has 1 heterocycles. The Balaban J connectivity index is 3.54. The summed E-state index contributed by atoms with van der Waals surface area (Å²) in [5.74, 6) is 0. The molecule has 0 spiro atoms. The normalized spacial score (nSPS) is 10.3. The molecule has 2 N–H and O–H groups in total. The number of aromatic nitrogens is 3. The van der Waals surface area contributed by atoms with Gasteiger partial charge in [0.05, 0.1) is 13.2 Å². The molecule has 72 valence electrons. The number of aliphatic hydroxyl groups excluding tert-OH is 1. The molecular weight excluding hydrogens is 178 g/mol. The molecule has 0 aromatic carbocycles. The summed E-state index contributed by atoms with van der Waals surface area (Å²) in [6, 6.07) is 0. The Labute approximate surface area is 71.9 Å². The standard InChI is InChI=1S/C6H9N3O4/c1-8-4(11)7-5(12)9(2-3-10)6(8)13/h10H,2-3H2,1H3,(H,7,11,12). The van der Waals surface area contributed by atoms with Gasteiger partial charge in [0.15, 0.2) is 0 Å². The summed E-state index contributed by atoms with van der Waals surface area (Å²) in [6.45, 7) is -0.455. The minimum atomic E-state index is -0.804. The van der Waals surface area contributed by atoms with Crippen molar-refractivity contribution in [2.45, 2.75) is 6.54 Å². The maximum atomic E-state index is 11.2. The van der Waals surface area contributed by atoms with Crippen LogP contribution in [0.4, 0.5) is 0 Å². The Morgan fingerprint density at radius 2 is 1.92 bits per heavy atom. The van der Waals surface area contributed by atoms with E-state index in [1.807, 2.05) is 4.98 Å². The summed E-state index contributed by atoms with van der Waals surface area (Å²) < 4.78 is 1.51. The second-order valence-corrected chi connectivity index (χ2v) is 2.45. The van der Waals surface area contributed by atoms with Gasteiger partial charge in [0, 0.05) is 7.05 Å². The molecule has 1 rings (SSSR count). The molecule has 1 aromatic heterocycles. The molecule has 7 nitrogen and oxygen atoms in total. The van der Waals surface area contributed by atoms with Gasteiger partial charge in [-0.25, -0.2) is 23.5 Å². The molecule has 0 radical (unpaired) electrons. The number of hydrogen-bond donors (Lipinski definition) is 2. The summed E-state index contributed by atoms with van der Waals surface area (Å²) in [5, 5.41) is 8.53. The van der Waals surface area contributed by atoms with Crippen molar-refractivity contribution in [3.8, 4) is 0 Å². The average Bonchev–Trinajstić information content (AvgIpc) is 2.09. The van der Waals surface area contributed by atoms with E-state index in [4.69, 9.17) is 5.11 Å². The minimum absolute atomic E-state index is 0.123. The third-order valence-electron chi connectivity index (χ3n) is 1.61. The molecule has 0 saturated heterocycles. The molecule has 13 heavy (non-hydrogen) atoms. The minimum Gasteiger partial charge on any atom is -0.395 e. The van der Waals surface area contributed by atoms with Crippen LogP contribution in [0.15, 0.2) is 14.4 Å². The zero-order chi connectivity index (χ0) is 10.0. The highest BCUT2D eigenvalue weighted by molar-refractivity contribution is 4.72. The first-order chi connectivity index (χ1) is 6.07. The van der Waals surface area contributed by atoms with E-state index in [0.29, 0.717) is 0 Å². The van der Waals surface area contributed by atoms with E-state index >= 15 is 0 Å². The lowest BCUT2D eigenvalue weighted by atomic mass is 10.6. The van der Waals surface area contributed by atoms with Crippen molar-refractivity contribution < 1.29 is 5.11 Å². The monoisotopic (exact) mass is 187 g/mol. The second kappa shape index (κ2) is 3.40. The average molecular weight is 187 g/mol. The van der Waals surface area contributed by atoms with Crippen LogP contribution >= 0.6 is 0 Å². The Hall–Kier alpha value is -1.63. The molecule has 0 aliphatic rings. The third kappa shape index (κ3) is 1.59. The van der Waals surface area contributed by atoms with E-state index in [2.05, 4.69) is 0 Å². The molecule has 7 heteroatoms. The van der Waals surface area contributed by atoms with Crippen LogP contribution in [-0.4, -0.2) is 25.8 Å². The number of H-pyrrole nitrogens is 1. The van der Waals surface area contributed by atoms with Crippen molar-refractivity contribution in [3.63, 3.8) is 0 Å². The van der Waals surface area contributed by atoms with Gasteiger partial charge in [0.1, 0.15) is 0 Å². The Morgan fingerprint density at radius 3 is 2.46 bits per heavy atom. The van der Waals surface area contributed by atoms with E-state index < -0.39 is 17.1 Å². The van der Waals surface area contributed by atoms with Gasteiger partial charge in [0.2, 0.25) is 0 Å². The highest BCUT2D eigenvalue weighted by Gasteiger charge is 2.04. The zero-order valence-electron chi connectivity index (χ0n) is 6.98. The largest absolute Gasteiger partial charge is 0.395 e. The van der Waals surface area contributed by atoms with Crippen molar-refractivity contribution >= 4 is 0 Å². The van der Waals surface area contributed by atoms with Crippen molar-refractivity contribution in [2.75, 3.05) is 6.61 Å². The molecule has 0 amide bonds. The first-order valence-corrected chi connectivity index (χ1v) is 3.59. The molecule has 0 unspecified atom stereocenters. The molecule has 1 aromatic rings. The number of aromatic amines is 1. The van der Waals surface area contributed by atoms with E-state index in [1.165, 1.54) is 7.05 Å². The first kappa shape index (κ1) is 9.46. The van der Waals surface area contributed by atoms with Gasteiger partial charge < -0.3 is 5.11 Å². The van der Waals surface area contributed by atoms with Crippen LogP contribution in [0, 0.1) is 0 Å². The van der Waals surface area contributed by atoms with Gasteiger partial charge in [0.25, 0.3) is 0 Å². The smallest absolute Gasteiger partial charge is 0.336 e. The molecule has 0 bridgehead atoms. The number of aliphatic hydroxyl groups is 1. The molecule has 0 atom stereocenters. The lowest BCUT2D eigenvalue weighted by Gasteiger charge is -2.02. The highest BCUT2D eigenvalue weighted by atomic mass is 16.3. The highest BCUT2D eigenvalue weighted by Crippen LogP contribution is 1.65. The van der Waals surface area contributed by atoms with Crippen LogP contribution in [0.2, 0.25) is 0 Å². The van der Waals surface area contributed by atoms with Crippen LogP contribution in [0.3, 0.4) is 0 Å². The predicted octanol–water partition coefficient (Wildman–Crippen LogP) is -2.77. The van der Waals surface area contributed by atoms with E-state index in [9.17, 15) is 14.4 Å². The van der Waals surface area contributed by atoms with Crippen LogP contribution in [-0.2, 0) is 13.6 Å². The second-order valence-electron chi connectivity index (χ2n) is 2.45. The number of nitrogens with one attached hydrogen (secondary N) is 1. The summed E-state index contributed by atoms with van der Waals surface area (Å²) in [7, 11) is 1.24. The fourth-order valence-electron chi connectivity index (χ4n) is 0.895. The van der Waals surface area contributed by atoms with Crippen LogP contribution in [0.5, 0.6) is 0 Å². The fraction of sp³-hybridized carbons (Fsp3) is 0.500. The Kier molecular flexibility index (Phi) is 2.47. The van der Waals surface area contributed by atoms with Crippen LogP contribution in [0.1, 0.15) is 0 Å². The molecule has 0 aliphatic carbocycles. The van der Waals surface area contributed by atoms with Crippen LogP contribution < -0.4 is 17.1 Å². The number of rotatable bonds is 2. The molecule has 0 saturated carbocycles. The summed E-state index contributed by atoms with van der Waals surface area (Å²) in [5.41, 5.74) is -2.30. The Morgan fingerprint density at radius 1 is 1.31 bits per heavy atom. The van der Waals surface area contributed by atoms with Crippen molar-refractivity contribution in [1.29, 1.82) is 0 Å². The van der Waals surface area contributed by atoms with Gasteiger partial charge in [-0.2, -0.15) is 0 Å². The topological polar surface area (TPSA) is 97.1 Å². The summed E-state index contributed by atoms with van der Waals surface area (Å²) in [6.07, 6.45) is 0. The lowest BCUT2D eigenvalue weighted by molar-refractivity contribution is 0.268. The predicted molar refractivity (Wildman–Crippen MR) is 43.6 cm³/mol. The van der Waals surface area contributed by atoms with E-state index in [-0.39, 0.29) is 13.2 Å². The number of hydrogen-bond acceptors (Lipinski definition) is 4. The number of nitrogens with zero attached hydrogens (tertiary/aromatic N) is 2. The van der Waals surface area contributed by atoms with Crippen LogP contribution in [0.25, 0.3) is 0 Å². The molecule has 0 aliphatic heterocycles. The molecular formula is C6H9N3O4. The van der Waals surface area contributed by atoms with Gasteiger partial charge in [-0.05, 0) is 0 Å². The van der Waals surface area contributed by atoms with Crippen molar-refractivity contribution in [2.24, 2.45) is 7.05 Å². The maximum absolute atomic E-state index is 11.2. The van der Waals surface area contributed by atoms with Gasteiger partial charge in [-0.1, -0.05) is 0 Å². The summed E-state index contributed by atoms with van der Waals surface area (Å²) in [4.78, 5) is 35.0. The third-order valence-corrected chi connectivity index (χ3v) is 1.61. The first-order valence-electron chi connectivity index (χ1n) is 3.59. The van der Waals surface area contributed by atoms with Gasteiger partial charge >= 0.3 is 17.1 Å². The van der Waals surface area contributed by atoms with E-state index in [0.717, 1.165) is 9.13 Å². The zero-order valence-corrected chi connectivity index (χ0v) is 6.98. The maximum Gasteiger partial charge on any atom is 0.336 e. The van der Waals surface area contributed by atoms with Crippen molar-refractivity contribution in [3.05, 3.63) is 31.5 Å². The Bertz CT molecular complexity index is 466. The SMILES string of the molecule is Cn1c(=O)[nH]c(=O)n(CCO)c1=O.